The summed E-state index contributed by atoms with van der Waals surface area (Å²) in [6.07, 6.45) is 18.0. The molecule has 2 heterocycles. The lowest BCUT2D eigenvalue weighted by Crippen LogP contribution is -2.54. The van der Waals surface area contributed by atoms with Gasteiger partial charge in [-0.2, -0.15) is 0 Å². The summed E-state index contributed by atoms with van der Waals surface area (Å²) >= 11 is 6.97. The molecular weight excluding hydrogens is 1300 g/mol. The van der Waals surface area contributed by atoms with Crippen LogP contribution in [0.15, 0.2) is 140 Å². The lowest BCUT2D eigenvalue weighted by atomic mass is 9.79. The maximum atomic E-state index is 15.0. The van der Waals surface area contributed by atoms with Gasteiger partial charge in [0.05, 0.1) is 0 Å². The number of unbranched alkanes of at least 4 members (excludes halogenated alkanes) is 12. The van der Waals surface area contributed by atoms with Crippen molar-refractivity contribution in [3.63, 3.8) is 0 Å². The molecule has 7 rings (SSSR count). The van der Waals surface area contributed by atoms with Crippen LogP contribution in [0.4, 0.5) is 9.59 Å². The summed E-state index contributed by atoms with van der Waals surface area (Å²) in [4.78, 5) is 112. The van der Waals surface area contributed by atoms with E-state index < -0.39 is 76.9 Å². The second kappa shape index (κ2) is 40.9. The molecule has 546 valence electrons. The third-order valence-corrected chi connectivity index (χ3v) is 17.4. The maximum Gasteiger partial charge on any atom is 0.407 e. The zero-order chi connectivity index (χ0) is 73.4. The Bertz CT molecular complexity index is 3770. The van der Waals surface area contributed by atoms with E-state index in [-0.39, 0.29) is 57.0 Å². The number of ether oxygens (including phenoxy) is 3. The molecule has 20 nitrogen and oxygen atoms in total. The minimum Gasteiger partial charge on any atom is -0.480 e. The second-order valence-corrected chi connectivity index (χ2v) is 28.2. The molecular formula is C80H107ClN8O12. The van der Waals surface area contributed by atoms with Crippen molar-refractivity contribution < 1.29 is 57.7 Å². The number of H-pyrrole nitrogens is 2. The Morgan fingerprint density at radius 3 is 1.33 bits per heavy atom. The average molecular weight is 1410 g/mol. The highest BCUT2D eigenvalue weighted by atomic mass is 35.5. The van der Waals surface area contributed by atoms with E-state index in [4.69, 9.17) is 25.8 Å². The standard InChI is InChI=1S/C50H61ClN4O6.C30H46N4O6/c1-6-7-8-9-10-11-15-26-45(56)54-44(33-36-34-53-42-25-19-16-22-39(36)42)46(57)55-43(31-32-52-48(59)61-49(3,4)5)47(58)60-50(37-20-13-12-14-21-37,38-29-27-35(2)28-30-38)40-23-17-18-24-41(40)51;1-5-6-7-8-9-10-11-16-26(35)33-25(19-21-20-32-23-15-13-12-14-22(21)23)27(36)34-24(28(37)38)17-18-31-29(39)40-30(2,3)4/h12-14,16-25,27-30,34,43-44,53H,6-11,15,26,31-33H2,1-5H3,(H,52,59)(H,54,56)(H,55,57);12-15,20,24-25,32H,5-11,16-19H2,1-4H3,(H,31,39)(H,33,35)(H,34,36)(H,37,38). The zero-order valence-electron chi connectivity index (χ0n) is 60.5. The minimum absolute atomic E-state index is 0.0100. The van der Waals surface area contributed by atoms with Crippen molar-refractivity contribution in [2.24, 2.45) is 0 Å². The number of benzene rings is 5. The van der Waals surface area contributed by atoms with Crippen LogP contribution in [0.2, 0.25) is 5.02 Å². The number of carbonyl (C=O) groups excluding carboxylic acids is 7. The average Bonchev–Trinajstić information content (AvgIpc) is 0.856. The molecule has 9 N–H and O–H groups in total. The number of nitrogens with one attached hydrogen (secondary N) is 8. The number of alkyl carbamates (subject to hydrolysis) is 2. The Morgan fingerprint density at radius 1 is 0.465 bits per heavy atom. The number of aliphatic carboxylic acids is 1. The first-order chi connectivity index (χ1) is 48.3. The van der Waals surface area contributed by atoms with Gasteiger partial charge in [-0.25, -0.2) is 19.2 Å². The van der Waals surface area contributed by atoms with Crippen LogP contribution < -0.4 is 31.9 Å². The van der Waals surface area contributed by atoms with Crippen LogP contribution >= 0.6 is 11.6 Å². The maximum absolute atomic E-state index is 15.0. The smallest absolute Gasteiger partial charge is 0.407 e. The predicted octanol–water partition coefficient (Wildman–Crippen LogP) is 15.1. The van der Waals surface area contributed by atoms with E-state index in [1.807, 2.05) is 128 Å². The van der Waals surface area contributed by atoms with Crippen LogP contribution in [-0.4, -0.2) is 111 Å². The number of para-hydroxylation sites is 2. The van der Waals surface area contributed by atoms with Crippen molar-refractivity contribution in [2.75, 3.05) is 13.1 Å². The van der Waals surface area contributed by atoms with Crippen molar-refractivity contribution in [3.8, 4) is 0 Å². The third kappa shape index (κ3) is 27.0. The molecule has 7 aromatic rings. The third-order valence-electron chi connectivity index (χ3n) is 17.1. The number of carboxylic acids is 1. The summed E-state index contributed by atoms with van der Waals surface area (Å²) in [5.74, 6) is -3.67. The number of aryl methyl sites for hydroxylation is 1. The van der Waals surface area contributed by atoms with Crippen LogP contribution in [0.3, 0.4) is 0 Å². The van der Waals surface area contributed by atoms with Gasteiger partial charge in [-0.1, -0.05) is 217 Å². The zero-order valence-corrected chi connectivity index (χ0v) is 61.2. The Kier molecular flexibility index (Phi) is 32.7. The van der Waals surface area contributed by atoms with Crippen LogP contribution in [-0.2, 0) is 61.4 Å². The molecule has 0 saturated heterocycles. The molecule has 0 fully saturated rings. The number of carboxylic acid groups (broad SMARTS) is 1. The summed E-state index contributed by atoms with van der Waals surface area (Å²) in [6.45, 7) is 16.7. The lowest BCUT2D eigenvalue weighted by Gasteiger charge is -2.37. The highest BCUT2D eigenvalue weighted by Gasteiger charge is 2.44. The fraction of sp³-hybridized carbons (Fsp3) is 0.475. The van der Waals surface area contributed by atoms with Crippen molar-refractivity contribution >= 4 is 81.2 Å². The van der Waals surface area contributed by atoms with Gasteiger partial charge in [0.25, 0.3) is 0 Å². The molecule has 0 spiro atoms. The highest BCUT2D eigenvalue weighted by molar-refractivity contribution is 6.31. The Labute approximate surface area is 600 Å². The van der Waals surface area contributed by atoms with Gasteiger partial charge in [-0.15, -0.1) is 0 Å². The van der Waals surface area contributed by atoms with Gasteiger partial charge in [0, 0.05) is 94.7 Å². The molecule has 5 unspecified atom stereocenters. The van der Waals surface area contributed by atoms with E-state index in [1.165, 1.54) is 38.5 Å². The molecule has 0 aliphatic rings. The molecule has 5 atom stereocenters. The Morgan fingerprint density at radius 2 is 0.871 bits per heavy atom. The number of halogens is 1. The van der Waals surface area contributed by atoms with E-state index in [0.29, 0.717) is 34.6 Å². The SMILES string of the molecule is CCCCCCCCCC(=O)NC(Cc1c[nH]c2ccccc12)C(=O)NC(CCNC(=O)OC(C)(C)C)C(=O)O.CCCCCCCCCC(=O)NC(Cc1c[nH]c2ccccc12)C(=O)NC(CCNC(=O)OC(C)(C)C)C(=O)OC(c1ccccc1)(c1ccc(C)cc1)c1ccccc1Cl. The number of fused-ring (bicyclic) bond motifs is 2. The van der Waals surface area contributed by atoms with Gasteiger partial charge in [-0.05, 0) is 103 Å². The van der Waals surface area contributed by atoms with E-state index in [1.54, 1.807) is 59.9 Å². The van der Waals surface area contributed by atoms with E-state index in [0.717, 1.165) is 83.4 Å². The first-order valence-corrected chi connectivity index (χ1v) is 36.2. The molecule has 2 aromatic heterocycles. The van der Waals surface area contributed by atoms with Gasteiger partial charge >= 0.3 is 24.1 Å². The number of aromatic nitrogens is 2. The quantitative estimate of drug-likeness (QED) is 0.00756. The van der Waals surface area contributed by atoms with Gasteiger partial charge in [0.2, 0.25) is 23.6 Å². The summed E-state index contributed by atoms with van der Waals surface area (Å²) < 4.78 is 17.4. The molecule has 101 heavy (non-hydrogen) atoms. The molecule has 0 bridgehead atoms. The molecule has 0 aliphatic carbocycles. The number of carbonyl (C=O) groups is 8. The van der Waals surface area contributed by atoms with Crippen molar-refractivity contribution in [2.45, 2.75) is 232 Å². The monoisotopic (exact) mass is 1410 g/mol. The predicted molar refractivity (Wildman–Crippen MR) is 397 cm³/mol. The second-order valence-electron chi connectivity index (χ2n) is 27.8. The number of esters is 1. The van der Waals surface area contributed by atoms with E-state index in [2.05, 4.69) is 55.7 Å². The van der Waals surface area contributed by atoms with Crippen molar-refractivity contribution in [1.82, 2.24) is 41.9 Å². The summed E-state index contributed by atoms with van der Waals surface area (Å²) in [5, 5.41) is 28.5. The van der Waals surface area contributed by atoms with Crippen molar-refractivity contribution in [3.05, 3.63) is 178 Å². The summed E-state index contributed by atoms with van der Waals surface area (Å²) in [7, 11) is 0. The normalized spacial score (nSPS) is 13.2. The number of hydrogen-bond acceptors (Lipinski definition) is 11. The molecule has 0 saturated carbocycles. The number of amides is 6. The molecule has 5 aromatic carbocycles. The first-order valence-electron chi connectivity index (χ1n) is 35.9. The topological polar surface area (TPSA) is 288 Å². The number of rotatable bonds is 38. The Hall–Kier alpha value is -9.17. The summed E-state index contributed by atoms with van der Waals surface area (Å²) in [6, 6.07) is 35.0. The van der Waals surface area contributed by atoms with Crippen LogP contribution in [0.1, 0.15) is 204 Å². The lowest BCUT2D eigenvalue weighted by molar-refractivity contribution is -0.157. The summed E-state index contributed by atoms with van der Waals surface area (Å²) in [5.41, 5.74) is 3.27. The molecule has 6 amide bonds. The first kappa shape index (κ1) is 80.8. The van der Waals surface area contributed by atoms with Gasteiger partial charge in [0.15, 0.2) is 5.60 Å². The molecule has 21 heteroatoms. The fourth-order valence-electron chi connectivity index (χ4n) is 11.9. The highest BCUT2D eigenvalue weighted by Crippen LogP contribution is 2.44. The number of aromatic amines is 2. The van der Waals surface area contributed by atoms with Crippen LogP contribution in [0, 0.1) is 6.92 Å². The van der Waals surface area contributed by atoms with Gasteiger partial charge < -0.3 is 61.2 Å². The minimum atomic E-state index is -1.56. The molecule has 0 aliphatic heterocycles. The van der Waals surface area contributed by atoms with Gasteiger partial charge in [-0.3, -0.25) is 19.2 Å². The van der Waals surface area contributed by atoms with Crippen molar-refractivity contribution in [1.29, 1.82) is 0 Å². The largest absolute Gasteiger partial charge is 0.480 e. The van der Waals surface area contributed by atoms with E-state index >= 15 is 0 Å². The Balaban J connectivity index is 0.000000348. The fourth-order valence-corrected chi connectivity index (χ4v) is 12.1. The van der Waals surface area contributed by atoms with Crippen LogP contribution in [0.25, 0.3) is 21.8 Å². The molecule has 0 radical (unpaired) electrons. The van der Waals surface area contributed by atoms with Crippen LogP contribution in [0.5, 0.6) is 0 Å². The number of hydrogen-bond donors (Lipinski definition) is 9. The van der Waals surface area contributed by atoms with Gasteiger partial charge in [0.1, 0.15) is 35.4 Å². The van der Waals surface area contributed by atoms with E-state index in [9.17, 15) is 43.5 Å².